The van der Waals surface area contributed by atoms with Crippen LogP contribution in [0.4, 0.5) is 11.4 Å². The zero-order chi connectivity index (χ0) is 13.4. The van der Waals surface area contributed by atoms with Gasteiger partial charge in [-0.1, -0.05) is 6.07 Å². The molecule has 1 aromatic rings. The SMILES string of the molecule is Cc1ccc2c(c1)N(C(=O)C1CCCO1)CC(=O)N2. The van der Waals surface area contributed by atoms with Crippen LogP contribution in [-0.4, -0.2) is 31.1 Å². The minimum absolute atomic E-state index is 0.0646. The van der Waals surface area contributed by atoms with E-state index in [0.29, 0.717) is 12.3 Å². The highest BCUT2D eigenvalue weighted by Gasteiger charge is 2.33. The summed E-state index contributed by atoms with van der Waals surface area (Å²) in [5, 5.41) is 2.79. The highest BCUT2D eigenvalue weighted by Crippen LogP contribution is 2.31. The van der Waals surface area contributed by atoms with Gasteiger partial charge in [0.25, 0.3) is 5.91 Å². The highest BCUT2D eigenvalue weighted by molar-refractivity contribution is 6.11. The molecule has 2 aliphatic rings. The fourth-order valence-corrected chi connectivity index (χ4v) is 2.53. The molecular formula is C14H16N2O3. The van der Waals surface area contributed by atoms with Crippen LogP contribution < -0.4 is 10.2 Å². The molecule has 0 aliphatic carbocycles. The topological polar surface area (TPSA) is 58.6 Å². The van der Waals surface area contributed by atoms with Crippen molar-refractivity contribution in [3.8, 4) is 0 Å². The lowest BCUT2D eigenvalue weighted by Crippen LogP contribution is -2.46. The van der Waals surface area contributed by atoms with E-state index in [0.717, 1.165) is 24.1 Å². The van der Waals surface area contributed by atoms with Gasteiger partial charge in [0, 0.05) is 6.61 Å². The molecular weight excluding hydrogens is 244 g/mol. The number of rotatable bonds is 1. The van der Waals surface area contributed by atoms with Gasteiger partial charge >= 0.3 is 0 Å². The van der Waals surface area contributed by atoms with E-state index in [1.165, 1.54) is 4.90 Å². The van der Waals surface area contributed by atoms with E-state index in [1.54, 1.807) is 0 Å². The number of nitrogens with zero attached hydrogens (tertiary/aromatic N) is 1. The number of amides is 2. The maximum Gasteiger partial charge on any atom is 0.256 e. The predicted octanol–water partition coefficient (Wildman–Crippen LogP) is 1.46. The Hall–Kier alpha value is -1.88. The summed E-state index contributed by atoms with van der Waals surface area (Å²) < 4.78 is 5.43. The Kier molecular flexibility index (Phi) is 2.98. The smallest absolute Gasteiger partial charge is 0.256 e. The summed E-state index contributed by atoms with van der Waals surface area (Å²) in [5.74, 6) is -0.276. The van der Waals surface area contributed by atoms with Gasteiger partial charge in [0.2, 0.25) is 5.91 Å². The van der Waals surface area contributed by atoms with Crippen molar-refractivity contribution < 1.29 is 14.3 Å². The van der Waals surface area contributed by atoms with Crippen molar-refractivity contribution in [3.63, 3.8) is 0 Å². The molecule has 5 nitrogen and oxygen atoms in total. The molecule has 0 radical (unpaired) electrons. The van der Waals surface area contributed by atoms with Gasteiger partial charge < -0.3 is 10.1 Å². The molecule has 1 saturated heterocycles. The second-order valence-electron chi connectivity index (χ2n) is 4.99. The van der Waals surface area contributed by atoms with E-state index in [2.05, 4.69) is 5.32 Å². The lowest BCUT2D eigenvalue weighted by molar-refractivity contribution is -0.128. The Balaban J connectivity index is 1.95. The Labute approximate surface area is 111 Å². The van der Waals surface area contributed by atoms with E-state index in [1.807, 2.05) is 25.1 Å². The van der Waals surface area contributed by atoms with Crippen LogP contribution in [0.1, 0.15) is 18.4 Å². The number of fused-ring (bicyclic) bond motifs is 1. The van der Waals surface area contributed by atoms with E-state index in [9.17, 15) is 9.59 Å². The lowest BCUT2D eigenvalue weighted by Gasteiger charge is -2.31. The van der Waals surface area contributed by atoms with Gasteiger partial charge in [0.1, 0.15) is 12.6 Å². The molecule has 1 atom stereocenters. The Bertz CT molecular complexity index is 535. The number of aryl methyl sites for hydroxylation is 1. The summed E-state index contributed by atoms with van der Waals surface area (Å²) in [5.41, 5.74) is 2.51. The third kappa shape index (κ3) is 2.21. The minimum Gasteiger partial charge on any atom is -0.368 e. The lowest BCUT2D eigenvalue weighted by atomic mass is 10.1. The van der Waals surface area contributed by atoms with Crippen molar-refractivity contribution in [1.29, 1.82) is 0 Å². The molecule has 0 aromatic heterocycles. The second-order valence-corrected chi connectivity index (χ2v) is 4.99. The molecule has 1 fully saturated rings. The number of ether oxygens (including phenoxy) is 1. The van der Waals surface area contributed by atoms with Crippen LogP contribution in [0.25, 0.3) is 0 Å². The number of nitrogens with one attached hydrogen (secondary N) is 1. The van der Waals surface area contributed by atoms with Gasteiger partial charge in [-0.25, -0.2) is 0 Å². The fraction of sp³-hybridized carbons (Fsp3) is 0.429. The van der Waals surface area contributed by atoms with Crippen LogP contribution in [0.15, 0.2) is 18.2 Å². The number of hydrogen-bond acceptors (Lipinski definition) is 3. The van der Waals surface area contributed by atoms with Gasteiger partial charge in [-0.05, 0) is 37.5 Å². The van der Waals surface area contributed by atoms with E-state index in [4.69, 9.17) is 4.74 Å². The van der Waals surface area contributed by atoms with Crippen LogP contribution in [0.2, 0.25) is 0 Å². The molecule has 100 valence electrons. The summed E-state index contributed by atoms with van der Waals surface area (Å²) in [6, 6.07) is 5.66. The van der Waals surface area contributed by atoms with E-state index in [-0.39, 0.29) is 18.4 Å². The molecule has 5 heteroatoms. The largest absolute Gasteiger partial charge is 0.368 e. The first-order valence-electron chi connectivity index (χ1n) is 6.48. The first-order chi connectivity index (χ1) is 9.15. The van der Waals surface area contributed by atoms with Crippen LogP contribution >= 0.6 is 0 Å². The van der Waals surface area contributed by atoms with Gasteiger partial charge in [0.15, 0.2) is 0 Å². The molecule has 19 heavy (non-hydrogen) atoms. The van der Waals surface area contributed by atoms with E-state index >= 15 is 0 Å². The molecule has 1 aromatic carbocycles. The molecule has 0 saturated carbocycles. The number of hydrogen-bond donors (Lipinski definition) is 1. The van der Waals surface area contributed by atoms with Gasteiger partial charge in [-0.2, -0.15) is 0 Å². The van der Waals surface area contributed by atoms with Crippen molar-refractivity contribution in [2.24, 2.45) is 0 Å². The average Bonchev–Trinajstić information content (AvgIpc) is 2.91. The Morgan fingerprint density at radius 3 is 3.05 bits per heavy atom. The molecule has 1 unspecified atom stereocenters. The third-order valence-corrected chi connectivity index (χ3v) is 3.49. The van der Waals surface area contributed by atoms with Crippen LogP contribution in [0.3, 0.4) is 0 Å². The van der Waals surface area contributed by atoms with Crippen LogP contribution in [0.5, 0.6) is 0 Å². The summed E-state index contributed by atoms with van der Waals surface area (Å²) in [4.78, 5) is 25.7. The monoisotopic (exact) mass is 260 g/mol. The van der Waals surface area contributed by atoms with Gasteiger partial charge in [0.05, 0.1) is 11.4 Å². The van der Waals surface area contributed by atoms with Crippen molar-refractivity contribution >= 4 is 23.2 Å². The van der Waals surface area contributed by atoms with Gasteiger partial charge in [-0.15, -0.1) is 0 Å². The maximum absolute atomic E-state index is 12.4. The number of benzene rings is 1. The van der Waals surface area contributed by atoms with Crippen molar-refractivity contribution in [2.45, 2.75) is 25.9 Å². The third-order valence-electron chi connectivity index (χ3n) is 3.49. The van der Waals surface area contributed by atoms with Crippen molar-refractivity contribution in [2.75, 3.05) is 23.4 Å². The van der Waals surface area contributed by atoms with Gasteiger partial charge in [-0.3, -0.25) is 14.5 Å². The highest BCUT2D eigenvalue weighted by atomic mass is 16.5. The first-order valence-corrected chi connectivity index (χ1v) is 6.48. The predicted molar refractivity (Wildman–Crippen MR) is 71.1 cm³/mol. The average molecular weight is 260 g/mol. The van der Waals surface area contributed by atoms with Crippen LogP contribution in [-0.2, 0) is 14.3 Å². The number of carbonyl (C=O) groups is 2. The number of carbonyl (C=O) groups excluding carboxylic acids is 2. The number of anilines is 2. The standard InChI is InChI=1S/C14H16N2O3/c1-9-4-5-10-11(7-9)16(8-13(17)15-10)14(18)12-3-2-6-19-12/h4-5,7,12H,2-3,6,8H2,1H3,(H,15,17). The summed E-state index contributed by atoms with van der Waals surface area (Å²) >= 11 is 0. The zero-order valence-corrected chi connectivity index (χ0v) is 10.8. The molecule has 0 bridgehead atoms. The fourth-order valence-electron chi connectivity index (χ4n) is 2.53. The molecule has 2 heterocycles. The summed E-state index contributed by atoms with van der Waals surface area (Å²) in [6.07, 6.45) is 1.23. The summed E-state index contributed by atoms with van der Waals surface area (Å²) in [6.45, 7) is 2.65. The van der Waals surface area contributed by atoms with Crippen LogP contribution in [0, 0.1) is 6.92 Å². The molecule has 2 amide bonds. The minimum atomic E-state index is -0.403. The zero-order valence-electron chi connectivity index (χ0n) is 10.8. The molecule has 2 aliphatic heterocycles. The Morgan fingerprint density at radius 1 is 1.47 bits per heavy atom. The second kappa shape index (κ2) is 4.66. The van der Waals surface area contributed by atoms with Crippen molar-refractivity contribution in [3.05, 3.63) is 23.8 Å². The quantitative estimate of drug-likeness (QED) is 0.831. The van der Waals surface area contributed by atoms with E-state index < -0.39 is 6.10 Å². The normalized spacial score (nSPS) is 22.1. The molecule has 3 rings (SSSR count). The first kappa shape index (κ1) is 12.2. The summed E-state index contributed by atoms with van der Waals surface area (Å²) in [7, 11) is 0. The molecule has 1 N–H and O–H groups in total. The maximum atomic E-state index is 12.4. The Morgan fingerprint density at radius 2 is 2.32 bits per heavy atom. The van der Waals surface area contributed by atoms with Crippen molar-refractivity contribution in [1.82, 2.24) is 0 Å². The molecule has 0 spiro atoms.